The average Bonchev–Trinajstić information content (AvgIpc) is 2.36. The van der Waals surface area contributed by atoms with Crippen molar-refractivity contribution in [2.75, 3.05) is 13.7 Å². The third-order valence-electron chi connectivity index (χ3n) is 3.06. The number of methoxy groups -OCH3 is 1. The molecule has 6 heteroatoms. The maximum absolute atomic E-state index is 11.2. The lowest BCUT2D eigenvalue weighted by Gasteiger charge is -2.31. The number of hydrogen-bond acceptors (Lipinski definition) is 3. The van der Waals surface area contributed by atoms with Crippen LogP contribution in [0.4, 0.5) is 4.79 Å². The Balaban J connectivity index is 2.44. The van der Waals surface area contributed by atoms with E-state index in [9.17, 15) is 14.7 Å². The molecule has 1 amide bonds. The number of aliphatic carboxylic acids is 1. The van der Waals surface area contributed by atoms with Gasteiger partial charge in [0.2, 0.25) is 0 Å². The number of carbonyl (C=O) groups is 2. The molecule has 0 radical (unpaired) electrons. The minimum atomic E-state index is -1.11. The highest BCUT2D eigenvalue weighted by Crippen LogP contribution is 2.31. The van der Waals surface area contributed by atoms with Crippen molar-refractivity contribution in [2.24, 2.45) is 0 Å². The van der Waals surface area contributed by atoms with Crippen LogP contribution in [0, 0.1) is 0 Å². The van der Waals surface area contributed by atoms with Crippen LogP contribution < -0.4 is 4.74 Å². The molecule has 0 spiro atoms. The molecule has 2 rings (SSSR count). The molecular formula is C12H13NO5. The van der Waals surface area contributed by atoms with E-state index in [1.54, 1.807) is 18.2 Å². The van der Waals surface area contributed by atoms with E-state index in [1.807, 2.05) is 0 Å². The maximum atomic E-state index is 11.2. The highest BCUT2D eigenvalue weighted by Gasteiger charge is 2.32. The smallest absolute Gasteiger partial charge is 0.407 e. The second-order valence-electron chi connectivity index (χ2n) is 4.12. The standard InChI is InChI=1S/C12H13NO5/c1-18-8-3-2-7-5-13(12(16)17)6-10(11(14)15)9(7)4-8/h2-4,10H,5-6H2,1H3,(H,14,15)(H,16,17). The van der Waals surface area contributed by atoms with E-state index in [2.05, 4.69) is 0 Å². The van der Waals surface area contributed by atoms with Crippen LogP contribution in [0.2, 0.25) is 0 Å². The maximum Gasteiger partial charge on any atom is 0.407 e. The van der Waals surface area contributed by atoms with Crippen LogP contribution in [0.25, 0.3) is 0 Å². The molecule has 0 saturated carbocycles. The summed E-state index contributed by atoms with van der Waals surface area (Å²) in [5.74, 6) is -1.31. The van der Waals surface area contributed by atoms with E-state index < -0.39 is 18.0 Å². The Morgan fingerprint density at radius 2 is 2.11 bits per heavy atom. The van der Waals surface area contributed by atoms with Crippen LogP contribution >= 0.6 is 0 Å². The topological polar surface area (TPSA) is 87.1 Å². The van der Waals surface area contributed by atoms with Crippen LogP contribution in [-0.2, 0) is 11.3 Å². The third kappa shape index (κ3) is 2.09. The molecule has 0 saturated heterocycles. The minimum absolute atomic E-state index is 0.0369. The fourth-order valence-corrected chi connectivity index (χ4v) is 2.11. The highest BCUT2D eigenvalue weighted by atomic mass is 16.5. The van der Waals surface area contributed by atoms with Gasteiger partial charge < -0.3 is 19.8 Å². The van der Waals surface area contributed by atoms with Gasteiger partial charge in [-0.2, -0.15) is 0 Å². The molecule has 1 aromatic rings. The van der Waals surface area contributed by atoms with Crippen molar-refractivity contribution in [1.29, 1.82) is 0 Å². The molecule has 18 heavy (non-hydrogen) atoms. The van der Waals surface area contributed by atoms with Crippen LogP contribution in [0.5, 0.6) is 5.75 Å². The first-order valence-electron chi connectivity index (χ1n) is 5.40. The summed E-state index contributed by atoms with van der Waals surface area (Å²) in [6.07, 6.45) is -1.11. The van der Waals surface area contributed by atoms with E-state index >= 15 is 0 Å². The number of amides is 1. The van der Waals surface area contributed by atoms with Crippen LogP contribution in [-0.4, -0.2) is 40.8 Å². The lowest BCUT2D eigenvalue weighted by atomic mass is 9.90. The molecule has 1 atom stereocenters. The van der Waals surface area contributed by atoms with E-state index in [-0.39, 0.29) is 13.1 Å². The van der Waals surface area contributed by atoms with Crippen molar-refractivity contribution >= 4 is 12.1 Å². The Kier molecular flexibility index (Phi) is 3.10. The Bertz CT molecular complexity index is 499. The molecule has 2 N–H and O–H groups in total. The Morgan fingerprint density at radius 3 is 2.67 bits per heavy atom. The molecule has 1 heterocycles. The predicted molar refractivity (Wildman–Crippen MR) is 61.8 cm³/mol. The molecule has 1 aromatic carbocycles. The molecule has 1 aliphatic heterocycles. The van der Waals surface area contributed by atoms with Crippen LogP contribution in [0.3, 0.4) is 0 Å². The highest BCUT2D eigenvalue weighted by molar-refractivity contribution is 5.79. The molecule has 0 aromatic heterocycles. The van der Waals surface area contributed by atoms with Gasteiger partial charge in [-0.3, -0.25) is 4.79 Å². The number of rotatable bonds is 2. The second kappa shape index (κ2) is 4.56. The molecule has 0 aliphatic carbocycles. The number of carboxylic acids is 1. The van der Waals surface area contributed by atoms with E-state index in [0.29, 0.717) is 16.9 Å². The van der Waals surface area contributed by atoms with Gasteiger partial charge in [-0.05, 0) is 23.3 Å². The van der Waals surface area contributed by atoms with Gasteiger partial charge in [0.05, 0.1) is 13.0 Å². The molecule has 1 aliphatic rings. The third-order valence-corrected chi connectivity index (χ3v) is 3.06. The normalized spacial score (nSPS) is 18.1. The largest absolute Gasteiger partial charge is 0.497 e. The second-order valence-corrected chi connectivity index (χ2v) is 4.12. The quantitative estimate of drug-likeness (QED) is 0.828. The number of carboxylic acid groups (broad SMARTS) is 2. The Labute approximate surface area is 103 Å². The Morgan fingerprint density at radius 1 is 1.39 bits per heavy atom. The van der Waals surface area contributed by atoms with Gasteiger partial charge in [-0.1, -0.05) is 6.07 Å². The summed E-state index contributed by atoms with van der Waals surface area (Å²) >= 11 is 0. The lowest BCUT2D eigenvalue weighted by Crippen LogP contribution is -2.39. The van der Waals surface area contributed by atoms with Crippen molar-refractivity contribution in [3.05, 3.63) is 29.3 Å². The SMILES string of the molecule is COc1ccc2c(c1)C(C(=O)O)CN(C(=O)O)C2. The number of fused-ring (bicyclic) bond motifs is 1. The summed E-state index contributed by atoms with van der Waals surface area (Å²) in [5.41, 5.74) is 1.33. The first-order valence-corrected chi connectivity index (χ1v) is 5.40. The molecular weight excluding hydrogens is 238 g/mol. The summed E-state index contributed by atoms with van der Waals surface area (Å²) in [4.78, 5) is 23.3. The number of nitrogens with zero attached hydrogens (tertiary/aromatic N) is 1. The lowest BCUT2D eigenvalue weighted by molar-refractivity contribution is -0.139. The van der Waals surface area contributed by atoms with Crippen molar-refractivity contribution < 1.29 is 24.5 Å². The van der Waals surface area contributed by atoms with Crippen LogP contribution in [0.1, 0.15) is 17.0 Å². The summed E-state index contributed by atoms with van der Waals surface area (Å²) in [6, 6.07) is 5.07. The Hall–Kier alpha value is -2.24. The number of benzene rings is 1. The van der Waals surface area contributed by atoms with E-state index in [0.717, 1.165) is 4.90 Å². The van der Waals surface area contributed by atoms with Crippen molar-refractivity contribution in [3.8, 4) is 5.75 Å². The zero-order chi connectivity index (χ0) is 13.3. The van der Waals surface area contributed by atoms with Gasteiger partial charge in [0, 0.05) is 13.1 Å². The first kappa shape index (κ1) is 12.2. The van der Waals surface area contributed by atoms with Gasteiger partial charge >= 0.3 is 12.1 Å². The van der Waals surface area contributed by atoms with Gasteiger partial charge in [-0.25, -0.2) is 4.79 Å². The molecule has 6 nitrogen and oxygen atoms in total. The van der Waals surface area contributed by atoms with Gasteiger partial charge in [0.25, 0.3) is 0 Å². The van der Waals surface area contributed by atoms with Crippen molar-refractivity contribution in [3.63, 3.8) is 0 Å². The molecule has 0 fully saturated rings. The van der Waals surface area contributed by atoms with Crippen molar-refractivity contribution in [2.45, 2.75) is 12.5 Å². The zero-order valence-electron chi connectivity index (χ0n) is 9.79. The van der Waals surface area contributed by atoms with Gasteiger partial charge in [0.1, 0.15) is 5.75 Å². The summed E-state index contributed by atoms with van der Waals surface area (Å²) in [7, 11) is 1.50. The van der Waals surface area contributed by atoms with Crippen molar-refractivity contribution in [1.82, 2.24) is 4.90 Å². The predicted octanol–water partition coefficient (Wildman–Crippen LogP) is 1.36. The summed E-state index contributed by atoms with van der Waals surface area (Å²) in [6.45, 7) is 0.170. The van der Waals surface area contributed by atoms with E-state index in [1.165, 1.54) is 7.11 Å². The minimum Gasteiger partial charge on any atom is -0.497 e. The monoisotopic (exact) mass is 251 g/mol. The van der Waals surface area contributed by atoms with Crippen LogP contribution in [0.15, 0.2) is 18.2 Å². The van der Waals surface area contributed by atoms with Gasteiger partial charge in [-0.15, -0.1) is 0 Å². The number of hydrogen-bond donors (Lipinski definition) is 2. The fourth-order valence-electron chi connectivity index (χ4n) is 2.11. The molecule has 1 unspecified atom stereocenters. The van der Waals surface area contributed by atoms with E-state index in [4.69, 9.17) is 9.84 Å². The average molecular weight is 251 g/mol. The molecule has 96 valence electrons. The first-order chi connectivity index (χ1) is 8.52. The number of ether oxygens (including phenoxy) is 1. The zero-order valence-corrected chi connectivity index (χ0v) is 9.79. The summed E-state index contributed by atoms with van der Waals surface area (Å²) < 4.78 is 5.06. The summed E-state index contributed by atoms with van der Waals surface area (Å²) in [5, 5.41) is 18.2. The van der Waals surface area contributed by atoms with Gasteiger partial charge in [0.15, 0.2) is 0 Å². The molecule has 0 bridgehead atoms. The fraction of sp³-hybridized carbons (Fsp3) is 0.333.